The second-order valence-corrected chi connectivity index (χ2v) is 9.47. The normalized spacial score (nSPS) is 19.6. The zero-order valence-corrected chi connectivity index (χ0v) is 20.0. The van der Waals surface area contributed by atoms with Crippen LogP contribution in [0.2, 0.25) is 0 Å². The van der Waals surface area contributed by atoms with Crippen LogP contribution in [0.25, 0.3) is 0 Å². The molecule has 1 atom stereocenters. The number of nitrogens with zero attached hydrogens (tertiary/aromatic N) is 3. The van der Waals surface area contributed by atoms with Crippen molar-refractivity contribution in [1.82, 2.24) is 9.80 Å². The number of allylic oxidation sites excluding steroid dienone is 1. The highest BCUT2D eigenvalue weighted by molar-refractivity contribution is 8.16. The largest absolute Gasteiger partial charge is 0.457 e. The van der Waals surface area contributed by atoms with Gasteiger partial charge >= 0.3 is 5.97 Å². The number of amides is 1. The molecule has 0 saturated carbocycles. The Balaban J connectivity index is 1.44. The van der Waals surface area contributed by atoms with Gasteiger partial charge in [0.05, 0.1) is 23.7 Å². The maximum atomic E-state index is 13.4. The summed E-state index contributed by atoms with van der Waals surface area (Å²) in [6.45, 7) is 3.68. The minimum Gasteiger partial charge on any atom is -0.457 e. The number of hydrogen-bond acceptors (Lipinski definition) is 6. The van der Waals surface area contributed by atoms with E-state index in [1.165, 1.54) is 11.8 Å². The van der Waals surface area contributed by atoms with Crippen LogP contribution in [0.4, 0.5) is 0 Å². The van der Waals surface area contributed by atoms with Gasteiger partial charge in [-0.3, -0.25) is 4.79 Å². The molecule has 2 aromatic carbocycles. The van der Waals surface area contributed by atoms with Crippen LogP contribution in [-0.2, 0) is 20.9 Å². The third-order valence-corrected chi connectivity index (χ3v) is 7.23. The van der Waals surface area contributed by atoms with Crippen LogP contribution in [0.15, 0.2) is 88.0 Å². The Kier molecular flexibility index (Phi) is 6.54. The second kappa shape index (κ2) is 9.89. The van der Waals surface area contributed by atoms with E-state index < -0.39 is 6.04 Å². The molecule has 1 fully saturated rings. The Hall–Kier alpha value is -3.32. The van der Waals surface area contributed by atoms with Gasteiger partial charge in [-0.15, -0.1) is 0 Å². The summed E-state index contributed by atoms with van der Waals surface area (Å²) in [5.41, 5.74) is 3.91. The van der Waals surface area contributed by atoms with Crippen molar-refractivity contribution >= 4 is 28.8 Å². The molecule has 7 heteroatoms. The van der Waals surface area contributed by atoms with Crippen molar-refractivity contribution in [2.45, 2.75) is 38.8 Å². The Morgan fingerprint density at radius 2 is 1.71 bits per heavy atom. The van der Waals surface area contributed by atoms with Crippen LogP contribution in [-0.4, -0.2) is 39.9 Å². The number of carbonyl (C=O) groups is 2. The Bertz CT molecular complexity index is 1170. The molecule has 2 aromatic rings. The number of hydrogen-bond donors (Lipinski definition) is 0. The molecule has 0 aromatic heterocycles. The highest BCUT2D eigenvalue weighted by Gasteiger charge is 2.41. The number of benzene rings is 2. The molecular formula is C27H27N3O3S. The summed E-state index contributed by atoms with van der Waals surface area (Å²) in [5, 5.41) is 2.78. The molecule has 0 radical (unpaired) electrons. The first-order chi connectivity index (χ1) is 16.6. The third-order valence-electron chi connectivity index (χ3n) is 6.34. The van der Waals surface area contributed by atoms with Crippen molar-refractivity contribution in [3.63, 3.8) is 0 Å². The number of esters is 1. The van der Waals surface area contributed by atoms with Crippen molar-refractivity contribution in [2.24, 2.45) is 4.99 Å². The lowest BCUT2D eigenvalue weighted by atomic mass is 9.94. The first-order valence-electron chi connectivity index (χ1n) is 11.6. The van der Waals surface area contributed by atoms with Crippen molar-refractivity contribution in [3.05, 3.63) is 94.2 Å². The lowest BCUT2D eigenvalue weighted by Gasteiger charge is -2.36. The van der Waals surface area contributed by atoms with Gasteiger partial charge in [-0.25, -0.2) is 9.79 Å². The lowest BCUT2D eigenvalue weighted by Crippen LogP contribution is -2.38. The molecule has 3 aliphatic rings. The zero-order chi connectivity index (χ0) is 23.5. The Morgan fingerprint density at radius 1 is 1.03 bits per heavy atom. The van der Waals surface area contributed by atoms with Crippen LogP contribution in [0.1, 0.15) is 43.4 Å². The third kappa shape index (κ3) is 4.53. The molecule has 0 unspecified atom stereocenters. The Labute approximate surface area is 204 Å². The minimum absolute atomic E-state index is 0.122. The lowest BCUT2D eigenvalue weighted by molar-refractivity contribution is -0.141. The zero-order valence-electron chi connectivity index (χ0n) is 19.1. The summed E-state index contributed by atoms with van der Waals surface area (Å²) in [4.78, 5) is 35.1. The molecule has 3 aliphatic heterocycles. The van der Waals surface area contributed by atoms with Gasteiger partial charge in [0.15, 0.2) is 5.17 Å². The molecule has 0 aliphatic carbocycles. The maximum Gasteiger partial charge on any atom is 0.338 e. The van der Waals surface area contributed by atoms with Gasteiger partial charge in [0.25, 0.3) is 0 Å². The number of likely N-dealkylation sites (tertiary alicyclic amines) is 1. The molecule has 3 heterocycles. The maximum absolute atomic E-state index is 13.4. The SMILES string of the molecule is CC1=C(C(=O)OCc2ccccc2)[C@H](c2ccccc2)N2C(CC(=O)N3CCCC3)=CSC2=N1. The van der Waals surface area contributed by atoms with Crippen molar-refractivity contribution < 1.29 is 14.3 Å². The molecule has 0 spiro atoms. The van der Waals surface area contributed by atoms with Crippen LogP contribution in [0, 0.1) is 0 Å². The monoisotopic (exact) mass is 473 g/mol. The fourth-order valence-corrected chi connectivity index (χ4v) is 5.58. The van der Waals surface area contributed by atoms with Gasteiger partial charge in [-0.2, -0.15) is 0 Å². The highest BCUT2D eigenvalue weighted by atomic mass is 32.2. The van der Waals surface area contributed by atoms with Crippen LogP contribution < -0.4 is 0 Å². The predicted molar refractivity (Wildman–Crippen MR) is 134 cm³/mol. The van der Waals surface area contributed by atoms with Crippen LogP contribution in [0.5, 0.6) is 0 Å². The Morgan fingerprint density at radius 3 is 2.41 bits per heavy atom. The summed E-state index contributed by atoms with van der Waals surface area (Å²) in [5.74, 6) is -0.267. The van der Waals surface area contributed by atoms with E-state index in [0.29, 0.717) is 17.7 Å². The summed E-state index contributed by atoms with van der Waals surface area (Å²) < 4.78 is 5.74. The van der Waals surface area contributed by atoms with Gasteiger partial charge in [-0.1, -0.05) is 72.4 Å². The summed E-state index contributed by atoms with van der Waals surface area (Å²) in [6.07, 6.45) is 2.41. The van der Waals surface area contributed by atoms with E-state index >= 15 is 0 Å². The molecule has 34 heavy (non-hydrogen) atoms. The smallest absolute Gasteiger partial charge is 0.338 e. The first kappa shape index (κ1) is 22.5. The van der Waals surface area contributed by atoms with E-state index in [9.17, 15) is 9.59 Å². The number of carbonyl (C=O) groups excluding carboxylic acids is 2. The topological polar surface area (TPSA) is 62.2 Å². The van der Waals surface area contributed by atoms with E-state index in [-0.39, 0.29) is 18.5 Å². The quantitative estimate of drug-likeness (QED) is 0.552. The molecule has 1 amide bonds. The first-order valence-corrected chi connectivity index (χ1v) is 12.5. The van der Waals surface area contributed by atoms with Crippen molar-refractivity contribution in [3.8, 4) is 0 Å². The van der Waals surface area contributed by atoms with E-state index in [4.69, 9.17) is 9.73 Å². The average molecular weight is 474 g/mol. The van der Waals surface area contributed by atoms with E-state index in [1.807, 2.05) is 82.8 Å². The van der Waals surface area contributed by atoms with Gasteiger partial charge in [0, 0.05) is 18.8 Å². The fraction of sp³-hybridized carbons (Fsp3) is 0.296. The van der Waals surface area contributed by atoms with Gasteiger partial charge in [-0.05, 0) is 36.3 Å². The van der Waals surface area contributed by atoms with Gasteiger partial charge < -0.3 is 14.5 Å². The molecule has 1 saturated heterocycles. The van der Waals surface area contributed by atoms with Crippen molar-refractivity contribution in [2.75, 3.05) is 13.1 Å². The van der Waals surface area contributed by atoms with Crippen LogP contribution in [0.3, 0.4) is 0 Å². The van der Waals surface area contributed by atoms with Crippen molar-refractivity contribution in [1.29, 1.82) is 0 Å². The molecular weight excluding hydrogens is 446 g/mol. The number of amidine groups is 1. The van der Waals surface area contributed by atoms with E-state index in [2.05, 4.69) is 0 Å². The molecule has 174 valence electrons. The molecule has 5 rings (SSSR count). The fourth-order valence-electron chi connectivity index (χ4n) is 4.62. The van der Waals surface area contributed by atoms with Crippen LogP contribution >= 0.6 is 11.8 Å². The summed E-state index contributed by atoms with van der Waals surface area (Å²) in [7, 11) is 0. The number of thioether (sulfide) groups is 1. The second-order valence-electron chi connectivity index (χ2n) is 8.63. The molecule has 0 N–H and O–H groups in total. The number of aliphatic imine (C=N–C) groups is 1. The number of fused-ring (bicyclic) bond motifs is 1. The highest BCUT2D eigenvalue weighted by Crippen LogP contribution is 2.45. The molecule has 0 bridgehead atoms. The van der Waals surface area contributed by atoms with E-state index in [1.54, 1.807) is 0 Å². The predicted octanol–water partition coefficient (Wildman–Crippen LogP) is 5.02. The minimum atomic E-state index is -0.399. The molecule has 6 nitrogen and oxygen atoms in total. The number of ether oxygens (including phenoxy) is 1. The van der Waals surface area contributed by atoms with Gasteiger partial charge in [0.1, 0.15) is 6.61 Å². The van der Waals surface area contributed by atoms with Gasteiger partial charge in [0.2, 0.25) is 5.91 Å². The van der Waals surface area contributed by atoms with E-state index in [0.717, 1.165) is 47.9 Å². The summed E-state index contributed by atoms with van der Waals surface area (Å²) >= 11 is 1.50. The number of rotatable bonds is 6. The summed E-state index contributed by atoms with van der Waals surface area (Å²) in [6, 6.07) is 19.1. The average Bonchev–Trinajstić information content (AvgIpc) is 3.54. The standard InChI is InChI=1S/C27H27N3O3S/c1-19-24(26(32)33-17-20-10-4-2-5-11-20)25(21-12-6-3-7-13-21)30-22(18-34-27(30)28-19)16-23(31)29-14-8-9-15-29/h2-7,10-13,18,25H,8-9,14-17H2,1H3/t25-/m0/s1.